The van der Waals surface area contributed by atoms with E-state index in [9.17, 15) is 28.8 Å². The molecule has 0 saturated carbocycles. The fourth-order valence-corrected chi connectivity index (χ4v) is 7.04. The minimum Gasteiger partial charge on any atom is -0.484 e. The lowest BCUT2D eigenvalue weighted by molar-refractivity contribution is -0.137. The Balaban J connectivity index is 1.33. The summed E-state index contributed by atoms with van der Waals surface area (Å²) >= 11 is 0. The monoisotopic (exact) mass is 838 g/mol. The molecule has 14 nitrogen and oxygen atoms in total. The number of amides is 5. The van der Waals surface area contributed by atoms with Crippen molar-refractivity contribution in [2.24, 2.45) is 0 Å². The van der Waals surface area contributed by atoms with Crippen LogP contribution < -0.4 is 31.3 Å². The molecule has 2 bridgehead atoms. The third-order valence-corrected chi connectivity index (χ3v) is 10.4. The topological polar surface area (TPSA) is 205 Å². The summed E-state index contributed by atoms with van der Waals surface area (Å²) in [5.41, 5.74) is 4.97. The molecule has 6 N–H and O–H groups in total. The number of aliphatic carboxylic acids is 1. The van der Waals surface area contributed by atoms with Gasteiger partial charge in [0.15, 0.2) is 6.61 Å². The molecular weight excluding hydrogens is 789 g/mol. The van der Waals surface area contributed by atoms with E-state index in [1.54, 1.807) is 48.8 Å². The number of hydrogen-bond donors (Lipinski definition) is 6. The van der Waals surface area contributed by atoms with Crippen molar-refractivity contribution >= 4 is 35.5 Å². The van der Waals surface area contributed by atoms with Gasteiger partial charge >= 0.3 is 5.97 Å². The Bertz CT molecular complexity index is 2280. The number of carbonyl (C=O) groups excluding carboxylic acids is 5. The number of ether oxygens (including phenoxy) is 1. The van der Waals surface area contributed by atoms with Gasteiger partial charge < -0.3 is 36.4 Å². The van der Waals surface area contributed by atoms with Gasteiger partial charge in [-0.15, -0.1) is 0 Å². The Morgan fingerprint density at radius 3 is 1.89 bits per heavy atom. The molecule has 1 aromatic heterocycles. The lowest BCUT2D eigenvalue weighted by Gasteiger charge is -2.27. The van der Waals surface area contributed by atoms with Crippen molar-refractivity contribution in [3.8, 4) is 16.9 Å². The summed E-state index contributed by atoms with van der Waals surface area (Å²) in [4.78, 5) is 85.4. The predicted molar refractivity (Wildman–Crippen MR) is 232 cm³/mol. The number of aryl methyl sites for hydroxylation is 1. The third kappa shape index (κ3) is 13.6. The molecule has 0 unspecified atom stereocenters. The van der Waals surface area contributed by atoms with E-state index in [1.165, 1.54) is 0 Å². The Morgan fingerprint density at radius 2 is 1.23 bits per heavy atom. The average Bonchev–Trinajstić information content (AvgIpc) is 3.29. The number of aromatic nitrogens is 1. The molecule has 4 aromatic carbocycles. The van der Waals surface area contributed by atoms with Crippen molar-refractivity contribution in [3.63, 3.8) is 0 Å². The largest absolute Gasteiger partial charge is 0.484 e. The fourth-order valence-electron chi connectivity index (χ4n) is 7.04. The highest BCUT2D eigenvalue weighted by molar-refractivity contribution is 5.96. The van der Waals surface area contributed by atoms with Crippen LogP contribution >= 0.6 is 0 Å². The second kappa shape index (κ2) is 22.3. The summed E-state index contributed by atoms with van der Waals surface area (Å²) in [7, 11) is 0. The van der Waals surface area contributed by atoms with E-state index in [0.29, 0.717) is 23.3 Å². The zero-order chi connectivity index (χ0) is 43.7. The van der Waals surface area contributed by atoms with Crippen LogP contribution in [0.1, 0.15) is 41.5 Å². The number of carboxylic acid groups (broad SMARTS) is 1. The lowest BCUT2D eigenvalue weighted by atomic mass is 9.98. The van der Waals surface area contributed by atoms with E-state index >= 15 is 0 Å². The van der Waals surface area contributed by atoms with Crippen molar-refractivity contribution < 1.29 is 38.6 Å². The first-order valence-electron chi connectivity index (χ1n) is 20.6. The quantitative estimate of drug-likeness (QED) is 0.0755. The van der Waals surface area contributed by atoms with Gasteiger partial charge in [0.05, 0.1) is 0 Å². The van der Waals surface area contributed by atoms with Gasteiger partial charge in [-0.05, 0) is 76.9 Å². The summed E-state index contributed by atoms with van der Waals surface area (Å²) in [6.45, 7) is -0.353. The van der Waals surface area contributed by atoms with Gasteiger partial charge in [-0.3, -0.25) is 33.8 Å². The molecule has 2 aliphatic heterocycles. The summed E-state index contributed by atoms with van der Waals surface area (Å²) in [6.07, 6.45) is 3.89. The molecule has 4 atom stereocenters. The molecule has 5 amide bonds. The van der Waals surface area contributed by atoms with Crippen LogP contribution in [0.4, 0.5) is 0 Å². The number of carbonyl (C=O) groups is 6. The van der Waals surface area contributed by atoms with Crippen LogP contribution in [0.3, 0.4) is 0 Å². The molecule has 2 aliphatic rings. The van der Waals surface area contributed by atoms with Crippen molar-refractivity contribution in [3.05, 3.63) is 156 Å². The molecule has 0 spiro atoms. The van der Waals surface area contributed by atoms with Crippen molar-refractivity contribution in [2.45, 2.75) is 69.1 Å². The zero-order valence-corrected chi connectivity index (χ0v) is 34.1. The maximum Gasteiger partial charge on any atom is 0.303 e. The van der Waals surface area contributed by atoms with Gasteiger partial charge in [-0.1, -0.05) is 97.1 Å². The van der Waals surface area contributed by atoms with Crippen LogP contribution in [-0.2, 0) is 54.5 Å². The van der Waals surface area contributed by atoms with Crippen LogP contribution in [0.25, 0.3) is 11.1 Å². The molecule has 62 heavy (non-hydrogen) atoms. The first kappa shape index (κ1) is 44.2. The maximum absolute atomic E-state index is 14.6. The van der Waals surface area contributed by atoms with Crippen LogP contribution in [0, 0.1) is 0 Å². The summed E-state index contributed by atoms with van der Waals surface area (Å²) in [6, 6.07) is 32.3. The second-order valence-electron chi connectivity index (χ2n) is 15.1. The average molecular weight is 839 g/mol. The number of fused-ring (bicyclic) bond motifs is 16. The Hall–Kier alpha value is -7.35. The van der Waals surface area contributed by atoms with Gasteiger partial charge in [0, 0.05) is 44.6 Å². The molecule has 0 saturated heterocycles. The molecule has 3 heterocycles. The number of hydrogen-bond acceptors (Lipinski definition) is 8. The highest BCUT2D eigenvalue weighted by Gasteiger charge is 2.32. The van der Waals surface area contributed by atoms with Gasteiger partial charge in [0.2, 0.25) is 23.6 Å². The smallest absolute Gasteiger partial charge is 0.303 e. The summed E-state index contributed by atoms with van der Waals surface area (Å²) in [5.74, 6) is -3.68. The van der Waals surface area contributed by atoms with Crippen LogP contribution in [0.15, 0.2) is 134 Å². The van der Waals surface area contributed by atoms with Crippen molar-refractivity contribution in [1.82, 2.24) is 31.6 Å². The maximum atomic E-state index is 14.6. The normalized spacial score (nSPS) is 18.6. The Labute approximate surface area is 359 Å². The number of carboxylic acids is 1. The van der Waals surface area contributed by atoms with Gasteiger partial charge in [-0.2, -0.15) is 0 Å². The zero-order valence-electron chi connectivity index (χ0n) is 34.1. The Kier molecular flexibility index (Phi) is 15.9. The van der Waals surface area contributed by atoms with Crippen LogP contribution in [0.5, 0.6) is 5.75 Å². The summed E-state index contributed by atoms with van der Waals surface area (Å²) < 4.78 is 5.77. The van der Waals surface area contributed by atoms with E-state index in [4.69, 9.17) is 9.84 Å². The number of rotatable bonds is 13. The number of nitrogens with zero attached hydrogens (tertiary/aromatic N) is 1. The van der Waals surface area contributed by atoms with Crippen molar-refractivity contribution in [2.75, 3.05) is 13.2 Å². The molecule has 14 heteroatoms. The molecule has 0 fully saturated rings. The SMILES string of the molecule is O=C(O)CCCNC(=O)[C@H]1Cc2ccc(cc2)OCC(=O)N[C@@H](Cc2ccncc2)C(=O)N[C@H](Cc2ccc(-c3ccccc3)cc2)C(=O)N[C@@H](CCc2ccccc2)C(=O)N1. The van der Waals surface area contributed by atoms with Crippen LogP contribution in [-0.4, -0.2) is 82.9 Å². The highest BCUT2D eigenvalue weighted by Crippen LogP contribution is 2.20. The number of benzene rings is 4. The van der Waals surface area contributed by atoms with E-state index in [1.807, 2.05) is 84.9 Å². The Morgan fingerprint density at radius 1 is 0.645 bits per heavy atom. The fraction of sp³-hybridized carbons (Fsp3) is 0.271. The predicted octanol–water partition coefficient (Wildman–Crippen LogP) is 3.72. The third-order valence-electron chi connectivity index (χ3n) is 10.4. The molecule has 7 rings (SSSR count). The van der Waals surface area contributed by atoms with Crippen LogP contribution in [0.2, 0.25) is 0 Å². The van der Waals surface area contributed by atoms with Gasteiger partial charge in [-0.25, -0.2) is 0 Å². The lowest BCUT2D eigenvalue weighted by Crippen LogP contribution is -2.59. The molecule has 5 aromatic rings. The second-order valence-corrected chi connectivity index (χ2v) is 15.1. The standard InChI is InChI=1S/C48H50N6O8/c55-43-31-62-38-20-15-34(16-21-38)28-40(45(58)50-25-7-12-44(56)57)53-46(59)39(22-17-32-8-3-1-4-9-32)52-48(61)42(54-47(60)41(51-43)30-35-23-26-49-27-24-35)29-33-13-18-37(19-14-33)36-10-5-2-6-11-36/h1-6,8-11,13-16,18-21,23-24,26-27,39-42H,7,12,17,22,25,28-31H2,(H,50,58)(H,51,55)(H,52,61)(H,53,59)(H,54,60)(H,56,57)/t39-,40+,41-,42+/m0/s1. The van der Waals surface area contributed by atoms with E-state index < -0.39 is 66.3 Å². The molecule has 0 radical (unpaired) electrons. The highest BCUT2D eigenvalue weighted by atomic mass is 16.5. The van der Waals surface area contributed by atoms with Gasteiger partial charge in [0.1, 0.15) is 29.9 Å². The first-order valence-corrected chi connectivity index (χ1v) is 20.6. The van der Waals surface area contributed by atoms with E-state index in [2.05, 4.69) is 31.6 Å². The number of pyridine rings is 1. The van der Waals surface area contributed by atoms with E-state index in [0.717, 1.165) is 22.3 Å². The van der Waals surface area contributed by atoms with Gasteiger partial charge in [0.25, 0.3) is 5.91 Å². The first-order chi connectivity index (χ1) is 30.1. The van der Waals surface area contributed by atoms with Crippen molar-refractivity contribution in [1.29, 1.82) is 0 Å². The summed E-state index contributed by atoms with van der Waals surface area (Å²) in [5, 5.41) is 23.2. The molecule has 0 aliphatic carbocycles. The molecule has 320 valence electrons. The van der Waals surface area contributed by atoms with E-state index in [-0.39, 0.29) is 45.1 Å². The number of nitrogens with one attached hydrogen (secondary N) is 5. The minimum atomic E-state index is -1.21. The molecular formula is C48H50N6O8. The minimum absolute atomic E-state index is 0.0358.